The molecule has 1 fully saturated rings. The first kappa shape index (κ1) is 15.5. The topological polar surface area (TPSA) is 38.1 Å². The van der Waals surface area contributed by atoms with E-state index in [-0.39, 0.29) is 5.56 Å². The minimum Gasteiger partial charge on any atom is -0.352 e. The molecule has 0 aliphatic carbocycles. The lowest BCUT2D eigenvalue weighted by molar-refractivity contribution is 0.404. The van der Waals surface area contributed by atoms with Crippen molar-refractivity contribution in [3.8, 4) is 0 Å². The highest BCUT2D eigenvalue weighted by Gasteiger charge is 2.22. The second kappa shape index (κ2) is 7.25. The van der Waals surface area contributed by atoms with Crippen LogP contribution in [0.1, 0.15) is 33.1 Å². The number of nitrogens with zero attached hydrogens (tertiary/aromatic N) is 3. The molecule has 0 spiro atoms. The predicted octanol–water partition coefficient (Wildman–Crippen LogP) is 2.90. The third-order valence-electron chi connectivity index (χ3n) is 3.79. The van der Waals surface area contributed by atoms with E-state index in [9.17, 15) is 4.79 Å². The van der Waals surface area contributed by atoms with Gasteiger partial charge in [0.25, 0.3) is 5.56 Å². The molecule has 0 bridgehead atoms. The Morgan fingerprint density at radius 3 is 3.00 bits per heavy atom. The normalized spacial score (nSPS) is 19.6. The van der Waals surface area contributed by atoms with Crippen LogP contribution in [-0.4, -0.2) is 28.0 Å². The van der Waals surface area contributed by atoms with Gasteiger partial charge in [0.05, 0.1) is 0 Å². The minimum atomic E-state index is 0.0562. The number of hydrogen-bond donors (Lipinski definition) is 0. The van der Waals surface area contributed by atoms with Gasteiger partial charge in [0.15, 0.2) is 5.82 Å². The largest absolute Gasteiger partial charge is 0.352 e. The maximum absolute atomic E-state index is 12.5. The zero-order valence-corrected chi connectivity index (χ0v) is 14.0. The molecule has 0 amide bonds. The first-order valence-electron chi connectivity index (χ1n) is 7.48. The average molecular weight is 342 g/mol. The van der Waals surface area contributed by atoms with Gasteiger partial charge in [-0.3, -0.25) is 4.79 Å². The van der Waals surface area contributed by atoms with Crippen molar-refractivity contribution in [2.45, 2.75) is 39.7 Å². The number of rotatable bonds is 5. The summed E-state index contributed by atoms with van der Waals surface area (Å²) in [5, 5.41) is 1.03. The van der Waals surface area contributed by atoms with Crippen LogP contribution < -0.4 is 10.5 Å². The molecular formula is C15H24BrN3O. The molecule has 1 aromatic heterocycles. The lowest BCUT2D eigenvalue weighted by Crippen LogP contribution is -2.40. The molecule has 5 heteroatoms. The molecule has 4 nitrogen and oxygen atoms in total. The lowest BCUT2D eigenvalue weighted by atomic mass is 9.96. The summed E-state index contributed by atoms with van der Waals surface area (Å²) in [5.74, 6) is 1.76. The van der Waals surface area contributed by atoms with Crippen molar-refractivity contribution in [3.05, 3.63) is 22.7 Å². The van der Waals surface area contributed by atoms with E-state index in [1.807, 2.05) is 0 Å². The molecule has 0 saturated carbocycles. The summed E-state index contributed by atoms with van der Waals surface area (Å²) in [5.41, 5.74) is 0.0562. The van der Waals surface area contributed by atoms with E-state index in [0.29, 0.717) is 17.7 Å². The van der Waals surface area contributed by atoms with Gasteiger partial charge in [-0.15, -0.1) is 0 Å². The van der Waals surface area contributed by atoms with Crippen molar-refractivity contribution >= 4 is 21.7 Å². The second-order valence-corrected chi connectivity index (χ2v) is 6.83. The van der Waals surface area contributed by atoms with Crippen LogP contribution in [0.25, 0.3) is 0 Å². The molecule has 1 aliphatic heterocycles. The Hall–Kier alpha value is -0.840. The molecule has 112 valence electrons. The van der Waals surface area contributed by atoms with Crippen LogP contribution in [0.15, 0.2) is 17.2 Å². The molecule has 20 heavy (non-hydrogen) atoms. The highest BCUT2D eigenvalue weighted by molar-refractivity contribution is 9.09. The molecule has 1 aliphatic rings. The smallest absolute Gasteiger partial charge is 0.293 e. The first-order chi connectivity index (χ1) is 9.61. The van der Waals surface area contributed by atoms with Crippen LogP contribution in [0, 0.1) is 11.8 Å². The Morgan fingerprint density at radius 2 is 2.30 bits per heavy atom. The second-order valence-electron chi connectivity index (χ2n) is 6.03. The van der Waals surface area contributed by atoms with Gasteiger partial charge >= 0.3 is 0 Å². The molecule has 1 aromatic rings. The third-order valence-corrected chi connectivity index (χ3v) is 4.25. The third kappa shape index (κ3) is 3.84. The molecule has 0 N–H and O–H groups in total. The van der Waals surface area contributed by atoms with Gasteiger partial charge in [0.2, 0.25) is 0 Å². The van der Waals surface area contributed by atoms with Crippen LogP contribution >= 0.6 is 15.9 Å². The summed E-state index contributed by atoms with van der Waals surface area (Å²) in [4.78, 5) is 19.0. The van der Waals surface area contributed by atoms with E-state index in [1.165, 1.54) is 12.8 Å². The van der Waals surface area contributed by atoms with Gasteiger partial charge in [-0.1, -0.05) is 29.8 Å². The highest BCUT2D eigenvalue weighted by Crippen LogP contribution is 2.22. The molecular weight excluding hydrogens is 318 g/mol. The molecule has 2 heterocycles. The summed E-state index contributed by atoms with van der Waals surface area (Å²) in [6, 6.07) is 0. The lowest BCUT2D eigenvalue weighted by Gasteiger charge is -2.33. The quantitative estimate of drug-likeness (QED) is 0.773. The fourth-order valence-electron chi connectivity index (χ4n) is 2.84. The number of halogens is 1. The summed E-state index contributed by atoms with van der Waals surface area (Å²) in [7, 11) is 0. The van der Waals surface area contributed by atoms with E-state index in [1.54, 1.807) is 17.0 Å². The fourth-order valence-corrected chi connectivity index (χ4v) is 3.48. The van der Waals surface area contributed by atoms with Crippen molar-refractivity contribution in [2.75, 3.05) is 23.3 Å². The SMILES string of the molecule is CC(C)Cn1ccnc(N2CCCC(CCBr)C2)c1=O. The number of alkyl halides is 1. The average Bonchev–Trinajstić information content (AvgIpc) is 2.41. The van der Waals surface area contributed by atoms with Crippen molar-refractivity contribution < 1.29 is 0 Å². The monoisotopic (exact) mass is 341 g/mol. The molecule has 1 saturated heterocycles. The van der Waals surface area contributed by atoms with Crippen molar-refractivity contribution in [1.29, 1.82) is 0 Å². The number of piperidine rings is 1. The van der Waals surface area contributed by atoms with E-state index in [4.69, 9.17) is 0 Å². The van der Waals surface area contributed by atoms with E-state index in [2.05, 4.69) is 39.7 Å². The van der Waals surface area contributed by atoms with Crippen LogP contribution in [0.2, 0.25) is 0 Å². The van der Waals surface area contributed by atoms with Crippen LogP contribution in [0.3, 0.4) is 0 Å². The Morgan fingerprint density at radius 1 is 1.50 bits per heavy atom. The minimum absolute atomic E-state index is 0.0562. The molecule has 2 rings (SSSR count). The zero-order chi connectivity index (χ0) is 14.5. The summed E-state index contributed by atoms with van der Waals surface area (Å²) in [6.45, 7) is 6.91. The zero-order valence-electron chi connectivity index (χ0n) is 12.4. The van der Waals surface area contributed by atoms with Crippen molar-refractivity contribution in [2.24, 2.45) is 11.8 Å². The van der Waals surface area contributed by atoms with Gasteiger partial charge in [-0.2, -0.15) is 0 Å². The van der Waals surface area contributed by atoms with Crippen LogP contribution in [-0.2, 0) is 6.54 Å². The highest BCUT2D eigenvalue weighted by atomic mass is 79.9. The van der Waals surface area contributed by atoms with Crippen molar-refractivity contribution in [1.82, 2.24) is 9.55 Å². The van der Waals surface area contributed by atoms with Gasteiger partial charge in [0.1, 0.15) is 0 Å². The summed E-state index contributed by atoms with van der Waals surface area (Å²) >= 11 is 3.51. The molecule has 0 radical (unpaired) electrons. The molecule has 0 aromatic carbocycles. The number of hydrogen-bond acceptors (Lipinski definition) is 3. The molecule has 1 atom stereocenters. The van der Waals surface area contributed by atoms with Gasteiger partial charge in [-0.05, 0) is 31.1 Å². The number of aromatic nitrogens is 2. The van der Waals surface area contributed by atoms with Crippen LogP contribution in [0.4, 0.5) is 5.82 Å². The van der Waals surface area contributed by atoms with Crippen LogP contribution in [0.5, 0.6) is 0 Å². The van der Waals surface area contributed by atoms with Gasteiger partial charge in [-0.25, -0.2) is 4.98 Å². The Kier molecular flexibility index (Phi) is 5.64. The number of anilines is 1. The first-order valence-corrected chi connectivity index (χ1v) is 8.60. The van der Waals surface area contributed by atoms with E-state index in [0.717, 1.165) is 31.4 Å². The Bertz CT molecular complexity index is 484. The van der Waals surface area contributed by atoms with Gasteiger partial charge < -0.3 is 9.47 Å². The fraction of sp³-hybridized carbons (Fsp3) is 0.733. The maximum Gasteiger partial charge on any atom is 0.293 e. The molecule has 1 unspecified atom stereocenters. The Balaban J connectivity index is 2.17. The Labute approximate surface area is 129 Å². The van der Waals surface area contributed by atoms with E-state index < -0.39 is 0 Å². The summed E-state index contributed by atoms with van der Waals surface area (Å²) in [6.07, 6.45) is 7.13. The standard InChI is InChI=1S/C15H24BrN3O/c1-12(2)10-19-9-7-17-14(15(19)20)18-8-3-4-13(11-18)5-6-16/h7,9,12-13H,3-6,8,10-11H2,1-2H3. The van der Waals surface area contributed by atoms with Gasteiger partial charge in [0, 0.05) is 37.4 Å². The van der Waals surface area contributed by atoms with Crippen molar-refractivity contribution in [3.63, 3.8) is 0 Å². The maximum atomic E-state index is 12.5. The predicted molar refractivity (Wildman–Crippen MR) is 86.7 cm³/mol. The van der Waals surface area contributed by atoms with E-state index >= 15 is 0 Å². The summed E-state index contributed by atoms with van der Waals surface area (Å²) < 4.78 is 1.79.